The van der Waals surface area contributed by atoms with Crippen LogP contribution < -0.4 is 10.0 Å². The van der Waals surface area contributed by atoms with Gasteiger partial charge in [0.1, 0.15) is 6.04 Å². The van der Waals surface area contributed by atoms with Crippen LogP contribution in [0.25, 0.3) is 0 Å². The molecule has 138 valence electrons. The van der Waals surface area contributed by atoms with Gasteiger partial charge in [0.05, 0.1) is 4.90 Å². The number of hydrogen-bond donors (Lipinski definition) is 2. The normalized spacial score (nSPS) is 14.9. The molecule has 1 amide bonds. The molecule has 0 aliphatic heterocycles. The standard InChI is InChI=1S/C20H24N2O3S/c1-14(2)19(22-26(24,25)18-9-4-3-5-10-18)20(23)21-17-12-11-15-7-6-8-16(15)13-17/h3-5,9-14,19,22H,6-8H2,1-2H3,(H,21,23). The van der Waals surface area contributed by atoms with E-state index in [4.69, 9.17) is 0 Å². The highest BCUT2D eigenvalue weighted by Gasteiger charge is 2.28. The van der Waals surface area contributed by atoms with E-state index in [0.717, 1.165) is 19.3 Å². The smallest absolute Gasteiger partial charge is 0.242 e. The number of nitrogens with one attached hydrogen (secondary N) is 2. The van der Waals surface area contributed by atoms with Crippen molar-refractivity contribution in [3.63, 3.8) is 0 Å². The molecule has 2 N–H and O–H groups in total. The summed E-state index contributed by atoms with van der Waals surface area (Å²) in [6, 6.07) is 13.1. The van der Waals surface area contributed by atoms with Crippen molar-refractivity contribution < 1.29 is 13.2 Å². The van der Waals surface area contributed by atoms with Crippen molar-refractivity contribution in [1.29, 1.82) is 0 Å². The third kappa shape index (κ3) is 4.14. The lowest BCUT2D eigenvalue weighted by Crippen LogP contribution is -2.47. The van der Waals surface area contributed by atoms with E-state index >= 15 is 0 Å². The number of anilines is 1. The van der Waals surface area contributed by atoms with E-state index in [9.17, 15) is 13.2 Å². The van der Waals surface area contributed by atoms with Crippen molar-refractivity contribution in [2.75, 3.05) is 5.32 Å². The second kappa shape index (κ2) is 7.60. The maximum absolute atomic E-state index is 12.7. The van der Waals surface area contributed by atoms with Gasteiger partial charge in [0, 0.05) is 5.69 Å². The average molecular weight is 372 g/mol. The quantitative estimate of drug-likeness (QED) is 0.818. The first-order valence-corrected chi connectivity index (χ1v) is 10.4. The molecule has 0 saturated carbocycles. The number of rotatable bonds is 6. The molecule has 0 aromatic heterocycles. The van der Waals surface area contributed by atoms with E-state index in [0.29, 0.717) is 5.69 Å². The van der Waals surface area contributed by atoms with Crippen molar-refractivity contribution >= 4 is 21.6 Å². The molecule has 0 radical (unpaired) electrons. The molecule has 5 nitrogen and oxygen atoms in total. The zero-order valence-electron chi connectivity index (χ0n) is 15.0. The van der Waals surface area contributed by atoms with Crippen LogP contribution in [-0.2, 0) is 27.7 Å². The molecule has 1 unspecified atom stereocenters. The van der Waals surface area contributed by atoms with E-state index in [1.165, 1.54) is 23.3 Å². The first-order chi connectivity index (χ1) is 12.4. The van der Waals surface area contributed by atoms with Crippen molar-refractivity contribution in [3.05, 3.63) is 59.7 Å². The van der Waals surface area contributed by atoms with Gasteiger partial charge >= 0.3 is 0 Å². The van der Waals surface area contributed by atoms with Crippen molar-refractivity contribution in [3.8, 4) is 0 Å². The van der Waals surface area contributed by atoms with Crippen molar-refractivity contribution in [1.82, 2.24) is 4.72 Å². The number of fused-ring (bicyclic) bond motifs is 1. The predicted molar refractivity (Wildman–Crippen MR) is 102 cm³/mol. The van der Waals surface area contributed by atoms with Crippen LogP contribution in [0.3, 0.4) is 0 Å². The molecule has 1 atom stereocenters. The molecule has 3 rings (SSSR count). The lowest BCUT2D eigenvalue weighted by atomic mass is 10.0. The van der Waals surface area contributed by atoms with Gasteiger partial charge in [-0.05, 0) is 60.6 Å². The highest BCUT2D eigenvalue weighted by Crippen LogP contribution is 2.25. The number of hydrogen-bond acceptors (Lipinski definition) is 3. The number of amides is 1. The minimum Gasteiger partial charge on any atom is -0.325 e. The van der Waals surface area contributed by atoms with Crippen LogP contribution in [0.15, 0.2) is 53.4 Å². The summed E-state index contributed by atoms with van der Waals surface area (Å²) in [6.45, 7) is 3.64. The largest absolute Gasteiger partial charge is 0.325 e. The zero-order valence-corrected chi connectivity index (χ0v) is 15.8. The van der Waals surface area contributed by atoms with Crippen LogP contribution in [0, 0.1) is 5.92 Å². The van der Waals surface area contributed by atoms with Gasteiger partial charge in [0.25, 0.3) is 0 Å². The topological polar surface area (TPSA) is 75.3 Å². The summed E-state index contributed by atoms with van der Waals surface area (Å²) in [5, 5.41) is 2.86. The minimum atomic E-state index is -3.76. The van der Waals surface area contributed by atoms with Crippen LogP contribution in [0.2, 0.25) is 0 Å². The van der Waals surface area contributed by atoms with Crippen molar-refractivity contribution in [2.45, 2.75) is 44.0 Å². The van der Waals surface area contributed by atoms with E-state index in [-0.39, 0.29) is 16.7 Å². The second-order valence-electron chi connectivity index (χ2n) is 6.98. The van der Waals surface area contributed by atoms with Gasteiger partial charge in [-0.15, -0.1) is 0 Å². The predicted octanol–water partition coefficient (Wildman–Crippen LogP) is 3.12. The van der Waals surface area contributed by atoms with Crippen molar-refractivity contribution in [2.24, 2.45) is 5.92 Å². The third-order valence-electron chi connectivity index (χ3n) is 4.65. The first kappa shape index (κ1) is 18.6. The summed E-state index contributed by atoms with van der Waals surface area (Å²) in [5.41, 5.74) is 3.29. The molecule has 2 aromatic rings. The highest BCUT2D eigenvalue weighted by molar-refractivity contribution is 7.89. The van der Waals surface area contributed by atoms with Gasteiger partial charge in [-0.2, -0.15) is 4.72 Å². The molecular weight excluding hydrogens is 348 g/mol. The van der Waals surface area contributed by atoms with E-state index in [1.54, 1.807) is 18.2 Å². The SMILES string of the molecule is CC(C)C(NS(=O)(=O)c1ccccc1)C(=O)Nc1ccc2c(c1)CCC2. The van der Waals surface area contributed by atoms with Crippen LogP contribution in [0.5, 0.6) is 0 Å². The Morgan fingerprint density at radius 2 is 1.69 bits per heavy atom. The minimum absolute atomic E-state index is 0.149. The number of sulfonamides is 1. The zero-order chi connectivity index (χ0) is 18.7. The number of carbonyl (C=O) groups is 1. The fourth-order valence-electron chi connectivity index (χ4n) is 3.20. The fourth-order valence-corrected chi connectivity index (χ4v) is 4.56. The third-order valence-corrected chi connectivity index (χ3v) is 6.11. The average Bonchev–Trinajstić information content (AvgIpc) is 3.08. The molecule has 26 heavy (non-hydrogen) atoms. The van der Waals surface area contributed by atoms with E-state index in [2.05, 4.69) is 10.0 Å². The fraction of sp³-hybridized carbons (Fsp3) is 0.350. The van der Waals surface area contributed by atoms with Gasteiger partial charge < -0.3 is 5.32 Å². The maximum Gasteiger partial charge on any atom is 0.242 e. The molecule has 0 saturated heterocycles. The monoisotopic (exact) mass is 372 g/mol. The molecule has 0 fully saturated rings. The summed E-state index contributed by atoms with van der Waals surface area (Å²) in [4.78, 5) is 12.9. The Morgan fingerprint density at radius 1 is 1.00 bits per heavy atom. The molecule has 6 heteroatoms. The molecule has 1 aliphatic carbocycles. The van der Waals surface area contributed by atoms with Gasteiger partial charge in [-0.25, -0.2) is 8.42 Å². The van der Waals surface area contributed by atoms with Gasteiger partial charge in [-0.1, -0.05) is 38.1 Å². The molecule has 0 spiro atoms. The Balaban J connectivity index is 1.76. The highest BCUT2D eigenvalue weighted by atomic mass is 32.2. The Kier molecular flexibility index (Phi) is 5.44. The number of aryl methyl sites for hydroxylation is 2. The van der Waals surface area contributed by atoms with Gasteiger partial charge in [0.15, 0.2) is 0 Å². The molecule has 0 bridgehead atoms. The van der Waals surface area contributed by atoms with Gasteiger partial charge in [0.2, 0.25) is 15.9 Å². The molecule has 2 aromatic carbocycles. The van der Waals surface area contributed by atoms with Crippen LogP contribution in [-0.4, -0.2) is 20.4 Å². The Morgan fingerprint density at radius 3 is 2.38 bits per heavy atom. The second-order valence-corrected chi connectivity index (χ2v) is 8.70. The maximum atomic E-state index is 12.7. The summed E-state index contributed by atoms with van der Waals surface area (Å²) < 4.78 is 27.7. The van der Waals surface area contributed by atoms with Crippen LogP contribution >= 0.6 is 0 Å². The first-order valence-electron chi connectivity index (χ1n) is 8.87. The number of carbonyl (C=O) groups excluding carboxylic acids is 1. The summed E-state index contributed by atoms with van der Waals surface area (Å²) in [6.07, 6.45) is 3.24. The number of benzene rings is 2. The Bertz CT molecular complexity index is 893. The Hall–Kier alpha value is -2.18. The van der Waals surface area contributed by atoms with Gasteiger partial charge in [-0.3, -0.25) is 4.79 Å². The summed E-state index contributed by atoms with van der Waals surface area (Å²) >= 11 is 0. The molecule has 0 heterocycles. The molecule has 1 aliphatic rings. The Labute approximate surface area is 154 Å². The van der Waals surface area contributed by atoms with Crippen LogP contribution in [0.1, 0.15) is 31.4 Å². The van der Waals surface area contributed by atoms with E-state index < -0.39 is 16.1 Å². The summed E-state index contributed by atoms with van der Waals surface area (Å²) in [5.74, 6) is -0.541. The lowest BCUT2D eigenvalue weighted by molar-refractivity contribution is -0.118. The van der Waals surface area contributed by atoms with Crippen LogP contribution in [0.4, 0.5) is 5.69 Å². The molecular formula is C20H24N2O3S. The van der Waals surface area contributed by atoms with E-state index in [1.807, 2.05) is 32.0 Å². The lowest BCUT2D eigenvalue weighted by Gasteiger charge is -2.22. The summed E-state index contributed by atoms with van der Waals surface area (Å²) in [7, 11) is -3.76.